The number of aryl methyl sites for hydroxylation is 1. The van der Waals surface area contributed by atoms with E-state index in [0.29, 0.717) is 12.1 Å². The fourth-order valence-corrected chi connectivity index (χ4v) is 3.25. The van der Waals surface area contributed by atoms with Gasteiger partial charge in [-0.25, -0.2) is 4.68 Å². The lowest BCUT2D eigenvalue weighted by atomic mass is 10.1. The number of para-hydroxylation sites is 1. The zero-order valence-corrected chi connectivity index (χ0v) is 17.2. The zero-order valence-electron chi connectivity index (χ0n) is 17.2. The average Bonchev–Trinajstić information content (AvgIpc) is 3.02. The van der Waals surface area contributed by atoms with Gasteiger partial charge in [0.05, 0.1) is 18.5 Å². The molecule has 0 N–H and O–H groups in total. The van der Waals surface area contributed by atoms with Crippen LogP contribution in [0.3, 0.4) is 0 Å². The first-order valence-electron chi connectivity index (χ1n) is 9.30. The first-order chi connectivity index (χ1) is 14.3. The van der Waals surface area contributed by atoms with Crippen molar-refractivity contribution in [2.75, 3.05) is 14.2 Å². The normalized spacial score (nSPS) is 10.9. The smallest absolute Gasteiger partial charge is 0.387 e. The largest absolute Gasteiger partial charge is 0.493 e. The summed E-state index contributed by atoms with van der Waals surface area (Å²) in [7, 11) is 3.01. The number of halogens is 2. The van der Waals surface area contributed by atoms with Crippen LogP contribution in [0.4, 0.5) is 8.78 Å². The summed E-state index contributed by atoms with van der Waals surface area (Å²) in [5, 5.41) is 4.60. The minimum absolute atomic E-state index is 0.0683. The van der Waals surface area contributed by atoms with Gasteiger partial charge in [0, 0.05) is 30.4 Å². The molecule has 0 unspecified atom stereocenters. The third-order valence-electron chi connectivity index (χ3n) is 4.81. The van der Waals surface area contributed by atoms with Crippen molar-refractivity contribution in [2.45, 2.75) is 27.0 Å². The van der Waals surface area contributed by atoms with Crippen LogP contribution in [0.25, 0.3) is 5.69 Å². The van der Waals surface area contributed by atoms with Crippen molar-refractivity contribution in [2.24, 2.45) is 0 Å². The zero-order chi connectivity index (χ0) is 21.8. The van der Waals surface area contributed by atoms with Crippen molar-refractivity contribution in [3.63, 3.8) is 0 Å². The highest BCUT2D eigenvalue weighted by Gasteiger charge is 2.20. The number of aromatic nitrogens is 2. The van der Waals surface area contributed by atoms with Gasteiger partial charge in [0.2, 0.25) is 0 Å². The molecule has 1 heterocycles. The van der Waals surface area contributed by atoms with Crippen molar-refractivity contribution in [3.05, 3.63) is 71.0 Å². The molecule has 2 aromatic carbocycles. The van der Waals surface area contributed by atoms with Crippen LogP contribution in [0.1, 0.15) is 27.3 Å². The number of nitrogens with zero attached hydrogens (tertiary/aromatic N) is 3. The molecule has 6 nitrogen and oxygen atoms in total. The van der Waals surface area contributed by atoms with Crippen LogP contribution < -0.4 is 9.47 Å². The summed E-state index contributed by atoms with van der Waals surface area (Å²) in [6, 6.07) is 13.9. The Morgan fingerprint density at radius 3 is 2.47 bits per heavy atom. The van der Waals surface area contributed by atoms with E-state index in [4.69, 9.17) is 4.74 Å². The second kappa shape index (κ2) is 8.94. The maximum Gasteiger partial charge on any atom is 0.387 e. The number of ether oxygens (including phenoxy) is 2. The van der Waals surface area contributed by atoms with Gasteiger partial charge in [-0.2, -0.15) is 13.9 Å². The molecule has 30 heavy (non-hydrogen) atoms. The van der Waals surface area contributed by atoms with Gasteiger partial charge in [-0.15, -0.1) is 0 Å². The summed E-state index contributed by atoms with van der Waals surface area (Å²) in [5.74, 6) is -0.329. The number of methoxy groups -OCH3 is 1. The molecule has 0 bridgehead atoms. The Labute approximate surface area is 173 Å². The third-order valence-corrected chi connectivity index (χ3v) is 4.81. The molecule has 8 heteroatoms. The third kappa shape index (κ3) is 4.42. The monoisotopic (exact) mass is 415 g/mol. The van der Waals surface area contributed by atoms with Crippen molar-refractivity contribution >= 4 is 5.91 Å². The van der Waals surface area contributed by atoms with E-state index in [1.165, 1.54) is 25.3 Å². The number of alkyl halides is 2. The molecule has 1 amide bonds. The van der Waals surface area contributed by atoms with Crippen LogP contribution >= 0.6 is 0 Å². The maximum atomic E-state index is 12.9. The summed E-state index contributed by atoms with van der Waals surface area (Å²) >= 11 is 0. The SMILES string of the molecule is COc1cc(C(=O)N(C)Cc2c(C)nn(-c3ccccc3)c2C)ccc1OC(F)F. The van der Waals surface area contributed by atoms with Crippen LogP contribution in [0.2, 0.25) is 0 Å². The molecule has 0 saturated carbocycles. The van der Waals surface area contributed by atoms with Crippen LogP contribution in [0, 0.1) is 13.8 Å². The molecular weight excluding hydrogens is 392 g/mol. The topological polar surface area (TPSA) is 56.6 Å². The lowest BCUT2D eigenvalue weighted by Gasteiger charge is -2.19. The van der Waals surface area contributed by atoms with Crippen molar-refractivity contribution < 1.29 is 23.0 Å². The van der Waals surface area contributed by atoms with E-state index in [9.17, 15) is 13.6 Å². The van der Waals surface area contributed by atoms with Gasteiger partial charge in [-0.3, -0.25) is 4.79 Å². The summed E-state index contributed by atoms with van der Waals surface area (Å²) in [6.07, 6.45) is 0. The number of rotatable bonds is 7. The van der Waals surface area contributed by atoms with E-state index in [2.05, 4.69) is 9.84 Å². The molecule has 0 atom stereocenters. The molecule has 0 aliphatic heterocycles. The lowest BCUT2D eigenvalue weighted by Crippen LogP contribution is -2.26. The minimum Gasteiger partial charge on any atom is -0.493 e. The highest BCUT2D eigenvalue weighted by Crippen LogP contribution is 2.30. The van der Waals surface area contributed by atoms with Crippen molar-refractivity contribution in [3.8, 4) is 17.2 Å². The summed E-state index contributed by atoms with van der Waals surface area (Å²) in [5.41, 5.74) is 3.96. The van der Waals surface area contributed by atoms with Crippen molar-refractivity contribution in [1.82, 2.24) is 14.7 Å². The predicted molar refractivity (Wildman–Crippen MR) is 108 cm³/mol. The summed E-state index contributed by atoms with van der Waals surface area (Å²) in [6.45, 7) is 1.23. The average molecular weight is 415 g/mol. The van der Waals surface area contributed by atoms with Gasteiger partial charge in [-0.1, -0.05) is 18.2 Å². The van der Waals surface area contributed by atoms with E-state index < -0.39 is 6.61 Å². The molecular formula is C22H23F2N3O3. The lowest BCUT2D eigenvalue weighted by molar-refractivity contribution is -0.0512. The number of hydrogen-bond donors (Lipinski definition) is 0. The number of carbonyl (C=O) groups is 1. The Bertz CT molecular complexity index is 1040. The molecule has 0 saturated heterocycles. The van der Waals surface area contributed by atoms with Crippen LogP contribution in [-0.4, -0.2) is 41.4 Å². The first-order valence-corrected chi connectivity index (χ1v) is 9.30. The van der Waals surface area contributed by atoms with Gasteiger partial charge in [0.25, 0.3) is 5.91 Å². The molecule has 0 spiro atoms. The molecule has 3 rings (SSSR count). The van der Waals surface area contributed by atoms with Gasteiger partial charge >= 0.3 is 6.61 Å². The number of benzene rings is 2. The number of amides is 1. The van der Waals surface area contributed by atoms with E-state index in [0.717, 1.165) is 22.6 Å². The molecule has 0 aliphatic rings. The Morgan fingerprint density at radius 1 is 1.13 bits per heavy atom. The van der Waals surface area contributed by atoms with Crippen LogP contribution in [0.15, 0.2) is 48.5 Å². The fourth-order valence-electron chi connectivity index (χ4n) is 3.25. The maximum absolute atomic E-state index is 12.9. The van der Waals surface area contributed by atoms with E-state index in [1.807, 2.05) is 48.9 Å². The molecule has 3 aromatic rings. The molecule has 0 fully saturated rings. The Morgan fingerprint density at radius 2 is 1.83 bits per heavy atom. The second-order valence-corrected chi connectivity index (χ2v) is 6.80. The van der Waals surface area contributed by atoms with Gasteiger partial charge < -0.3 is 14.4 Å². The van der Waals surface area contributed by atoms with Crippen molar-refractivity contribution in [1.29, 1.82) is 0 Å². The predicted octanol–water partition coefficient (Wildman–Crippen LogP) is 4.37. The van der Waals surface area contributed by atoms with E-state index >= 15 is 0 Å². The second-order valence-electron chi connectivity index (χ2n) is 6.80. The molecule has 1 aromatic heterocycles. The fraction of sp³-hybridized carbons (Fsp3) is 0.273. The summed E-state index contributed by atoms with van der Waals surface area (Å²) in [4.78, 5) is 14.5. The quantitative estimate of drug-likeness (QED) is 0.575. The Kier molecular flexibility index (Phi) is 6.34. The Balaban J connectivity index is 1.82. The van der Waals surface area contributed by atoms with E-state index in [-0.39, 0.29) is 17.4 Å². The highest BCUT2D eigenvalue weighted by molar-refractivity contribution is 5.94. The highest BCUT2D eigenvalue weighted by atomic mass is 19.3. The standard InChI is InChI=1S/C22H23F2N3O3/c1-14-18(15(2)27(25-14)17-8-6-5-7-9-17)13-26(3)21(28)16-10-11-19(30-22(23)24)20(12-16)29-4/h5-12,22H,13H2,1-4H3. The van der Waals surface area contributed by atoms with E-state index in [1.54, 1.807) is 11.9 Å². The number of carbonyl (C=O) groups excluding carboxylic acids is 1. The summed E-state index contributed by atoms with van der Waals surface area (Å²) < 4.78 is 36.4. The van der Waals surface area contributed by atoms with Gasteiger partial charge in [0.1, 0.15) is 0 Å². The first kappa shape index (κ1) is 21.3. The Hall–Kier alpha value is -3.42. The molecule has 158 valence electrons. The van der Waals surface area contributed by atoms with Gasteiger partial charge in [0.15, 0.2) is 11.5 Å². The van der Waals surface area contributed by atoms with Crippen LogP contribution in [-0.2, 0) is 6.54 Å². The number of hydrogen-bond acceptors (Lipinski definition) is 4. The molecule has 0 radical (unpaired) electrons. The van der Waals surface area contributed by atoms with Gasteiger partial charge in [-0.05, 0) is 44.2 Å². The minimum atomic E-state index is -2.98. The van der Waals surface area contributed by atoms with Crippen LogP contribution in [0.5, 0.6) is 11.5 Å². The molecule has 0 aliphatic carbocycles.